The summed E-state index contributed by atoms with van der Waals surface area (Å²) in [6, 6.07) is 27.0. The van der Waals surface area contributed by atoms with Crippen LogP contribution in [0, 0.1) is 0 Å². The van der Waals surface area contributed by atoms with Gasteiger partial charge in [-0.3, -0.25) is 14.4 Å². The molecule has 176 valence electrons. The minimum absolute atomic E-state index is 0.0233. The van der Waals surface area contributed by atoms with Gasteiger partial charge in [0.1, 0.15) is 12.2 Å². The van der Waals surface area contributed by atoms with E-state index in [-0.39, 0.29) is 30.2 Å². The maximum atomic E-state index is 13.5. The molecule has 2 amide bonds. The second-order valence-electron chi connectivity index (χ2n) is 9.08. The predicted octanol–water partition coefficient (Wildman–Crippen LogP) is 4.47. The molecule has 0 radical (unpaired) electrons. The Labute approximate surface area is 204 Å². The molecule has 5 rings (SSSR count). The molecule has 3 aromatic carbocycles. The van der Waals surface area contributed by atoms with Crippen molar-refractivity contribution in [1.29, 1.82) is 0 Å². The quantitative estimate of drug-likeness (QED) is 0.427. The van der Waals surface area contributed by atoms with Crippen LogP contribution in [0.25, 0.3) is 10.9 Å². The molecular formula is C29H27N3O3. The van der Waals surface area contributed by atoms with Gasteiger partial charge in [-0.05, 0) is 48.7 Å². The zero-order chi connectivity index (χ0) is 24.4. The molecule has 6 nitrogen and oxygen atoms in total. The van der Waals surface area contributed by atoms with E-state index in [2.05, 4.69) is 17.1 Å². The maximum absolute atomic E-state index is 13.5. The number of H-pyrrole nitrogens is 1. The Morgan fingerprint density at radius 3 is 2.29 bits per heavy atom. The highest BCUT2D eigenvalue weighted by molar-refractivity contribution is 6.02. The summed E-state index contributed by atoms with van der Waals surface area (Å²) in [5.41, 5.74) is 4.00. The molecule has 4 aromatic rings. The number of fused-ring (bicyclic) bond motifs is 1. The molecule has 1 fully saturated rings. The van der Waals surface area contributed by atoms with E-state index in [4.69, 9.17) is 0 Å². The molecular weight excluding hydrogens is 438 g/mol. The highest BCUT2D eigenvalue weighted by Crippen LogP contribution is 2.23. The summed E-state index contributed by atoms with van der Waals surface area (Å²) >= 11 is 0. The first-order valence-electron chi connectivity index (χ1n) is 11.8. The van der Waals surface area contributed by atoms with E-state index in [1.54, 1.807) is 23.1 Å². The summed E-state index contributed by atoms with van der Waals surface area (Å²) in [5.74, 6) is -0.300. The molecule has 1 atom stereocenters. The fraction of sp³-hybridized carbons (Fsp3) is 0.207. The Hall–Kier alpha value is -4.19. The van der Waals surface area contributed by atoms with Crippen LogP contribution in [0.15, 0.2) is 84.9 Å². The van der Waals surface area contributed by atoms with E-state index in [0.29, 0.717) is 30.8 Å². The third-order valence-electron chi connectivity index (χ3n) is 6.57. The Kier molecular flexibility index (Phi) is 6.19. The van der Waals surface area contributed by atoms with Gasteiger partial charge in [0, 0.05) is 29.6 Å². The first-order chi connectivity index (χ1) is 17.0. The third kappa shape index (κ3) is 4.87. The van der Waals surface area contributed by atoms with Crippen molar-refractivity contribution in [1.82, 2.24) is 14.8 Å². The summed E-state index contributed by atoms with van der Waals surface area (Å²) in [6.45, 7) is 2.51. The number of hydrogen-bond acceptors (Lipinski definition) is 3. The molecule has 1 saturated heterocycles. The molecule has 0 saturated carbocycles. The summed E-state index contributed by atoms with van der Waals surface area (Å²) in [7, 11) is 0. The van der Waals surface area contributed by atoms with E-state index in [9.17, 15) is 14.4 Å². The number of benzene rings is 3. The zero-order valence-corrected chi connectivity index (χ0v) is 19.6. The second kappa shape index (κ2) is 9.58. The molecule has 0 spiro atoms. The number of nitrogens with one attached hydrogen (secondary N) is 1. The van der Waals surface area contributed by atoms with Gasteiger partial charge in [-0.25, -0.2) is 0 Å². The highest BCUT2D eigenvalue weighted by atomic mass is 16.2. The first kappa shape index (κ1) is 22.6. The Morgan fingerprint density at radius 2 is 1.60 bits per heavy atom. The molecule has 35 heavy (non-hydrogen) atoms. The van der Waals surface area contributed by atoms with Gasteiger partial charge in [0.15, 0.2) is 5.78 Å². The number of carbonyl (C=O) groups is 3. The molecule has 2 heterocycles. The average molecular weight is 466 g/mol. The fourth-order valence-corrected chi connectivity index (χ4v) is 4.73. The second-order valence-corrected chi connectivity index (χ2v) is 9.08. The molecule has 1 aliphatic heterocycles. The highest BCUT2D eigenvalue weighted by Gasteiger charge is 2.35. The van der Waals surface area contributed by atoms with Crippen LogP contribution in [-0.2, 0) is 17.8 Å². The first-order valence-corrected chi connectivity index (χ1v) is 11.8. The number of aromatic amines is 1. The van der Waals surface area contributed by atoms with Crippen molar-refractivity contribution in [3.8, 4) is 0 Å². The zero-order valence-electron chi connectivity index (χ0n) is 19.6. The van der Waals surface area contributed by atoms with E-state index in [1.807, 2.05) is 59.5 Å². The number of ketones is 1. The molecule has 6 heteroatoms. The number of Topliss-reactive ketones (excluding diaryl/α,β-unsaturated/α-hetero) is 1. The molecule has 1 N–H and O–H groups in total. The number of nitrogens with zero attached hydrogens (tertiary/aromatic N) is 2. The molecule has 0 unspecified atom stereocenters. The van der Waals surface area contributed by atoms with Gasteiger partial charge in [-0.2, -0.15) is 0 Å². The molecule has 1 aromatic heterocycles. The molecule has 1 aliphatic rings. The van der Waals surface area contributed by atoms with Crippen molar-refractivity contribution >= 4 is 28.5 Å². The van der Waals surface area contributed by atoms with Crippen LogP contribution in [-0.4, -0.2) is 51.5 Å². The number of amides is 2. The largest absolute Gasteiger partial charge is 0.351 e. The van der Waals surface area contributed by atoms with Gasteiger partial charge >= 0.3 is 0 Å². The van der Waals surface area contributed by atoms with E-state index >= 15 is 0 Å². The lowest BCUT2D eigenvalue weighted by Crippen LogP contribution is -2.58. The monoisotopic (exact) mass is 465 g/mol. The number of hydrogen-bond donors (Lipinski definition) is 1. The summed E-state index contributed by atoms with van der Waals surface area (Å²) in [5, 5.41) is 0.802. The lowest BCUT2D eigenvalue weighted by molar-refractivity contribution is -0.139. The van der Waals surface area contributed by atoms with Gasteiger partial charge < -0.3 is 14.8 Å². The predicted molar refractivity (Wildman–Crippen MR) is 135 cm³/mol. The van der Waals surface area contributed by atoms with Gasteiger partial charge in [-0.1, -0.05) is 60.7 Å². The van der Waals surface area contributed by atoms with Crippen molar-refractivity contribution < 1.29 is 14.4 Å². The van der Waals surface area contributed by atoms with Crippen molar-refractivity contribution in [2.75, 3.05) is 13.1 Å². The van der Waals surface area contributed by atoms with Gasteiger partial charge in [0.2, 0.25) is 5.91 Å². The van der Waals surface area contributed by atoms with Gasteiger partial charge in [0.05, 0.1) is 6.04 Å². The van der Waals surface area contributed by atoms with Crippen molar-refractivity contribution in [2.24, 2.45) is 0 Å². The van der Waals surface area contributed by atoms with Crippen LogP contribution in [0.1, 0.15) is 38.9 Å². The molecule has 0 aliphatic carbocycles. The third-order valence-corrected chi connectivity index (χ3v) is 6.57. The van der Waals surface area contributed by atoms with Crippen molar-refractivity contribution in [3.63, 3.8) is 0 Å². The fourth-order valence-electron chi connectivity index (χ4n) is 4.73. The van der Waals surface area contributed by atoms with E-state index < -0.39 is 0 Å². The number of aromatic nitrogens is 1. The maximum Gasteiger partial charge on any atom is 0.270 e. The number of piperazine rings is 1. The van der Waals surface area contributed by atoms with Crippen LogP contribution in [0.5, 0.6) is 0 Å². The minimum Gasteiger partial charge on any atom is -0.351 e. The Morgan fingerprint density at radius 1 is 0.914 bits per heavy atom. The lowest BCUT2D eigenvalue weighted by atomic mass is 10.0. The van der Waals surface area contributed by atoms with E-state index in [1.165, 1.54) is 6.92 Å². The van der Waals surface area contributed by atoms with E-state index in [0.717, 1.165) is 22.0 Å². The number of carbonyl (C=O) groups excluding carboxylic acids is 3. The Balaban J connectivity index is 1.41. The summed E-state index contributed by atoms with van der Waals surface area (Å²) < 4.78 is 0. The topological polar surface area (TPSA) is 73.5 Å². The lowest BCUT2D eigenvalue weighted by Gasteiger charge is -2.41. The van der Waals surface area contributed by atoms with Crippen molar-refractivity contribution in [2.45, 2.75) is 25.9 Å². The normalized spacial score (nSPS) is 16.0. The summed E-state index contributed by atoms with van der Waals surface area (Å²) in [4.78, 5) is 45.2. The van der Waals surface area contributed by atoms with Gasteiger partial charge in [0.25, 0.3) is 5.91 Å². The smallest absolute Gasteiger partial charge is 0.270 e. The standard InChI is InChI=1S/C29H27N3O3/c1-20(33)23-12-13-26-24(15-23)16-27(30-26)29(35)31-18-25(14-21-8-4-2-5-9-21)32(28(34)19-31)17-22-10-6-3-7-11-22/h2-13,15-16,25,30H,14,17-19H2,1H3/t25-/m0/s1. The number of rotatable bonds is 6. The Bertz CT molecular complexity index is 1380. The summed E-state index contributed by atoms with van der Waals surface area (Å²) in [6.07, 6.45) is 0.665. The van der Waals surface area contributed by atoms with Crippen LogP contribution < -0.4 is 0 Å². The van der Waals surface area contributed by atoms with Crippen LogP contribution >= 0.6 is 0 Å². The average Bonchev–Trinajstić information content (AvgIpc) is 3.30. The molecule has 0 bridgehead atoms. The van der Waals surface area contributed by atoms with Crippen LogP contribution in [0.3, 0.4) is 0 Å². The van der Waals surface area contributed by atoms with Crippen LogP contribution in [0.2, 0.25) is 0 Å². The van der Waals surface area contributed by atoms with Crippen LogP contribution in [0.4, 0.5) is 0 Å². The van der Waals surface area contributed by atoms with Crippen molar-refractivity contribution in [3.05, 3.63) is 107 Å². The SMILES string of the molecule is CC(=O)c1ccc2[nH]c(C(=O)N3CC(=O)N(Cc4ccccc4)[C@@H](Cc4ccccc4)C3)cc2c1. The van der Waals surface area contributed by atoms with Gasteiger partial charge in [-0.15, -0.1) is 0 Å². The minimum atomic E-state index is -0.212.